The fraction of sp³-hybridized carbons (Fsp3) is 0.267. The zero-order chi connectivity index (χ0) is 14.7. The van der Waals surface area contributed by atoms with E-state index < -0.39 is 5.97 Å². The zero-order valence-electron chi connectivity index (χ0n) is 11.5. The molecule has 4 nitrogen and oxygen atoms in total. The molecule has 0 amide bonds. The summed E-state index contributed by atoms with van der Waals surface area (Å²) < 4.78 is 16.6. The van der Waals surface area contributed by atoms with Gasteiger partial charge in [-0.05, 0) is 22.9 Å². The van der Waals surface area contributed by atoms with E-state index in [1.54, 1.807) is 6.92 Å². The van der Waals surface area contributed by atoms with Crippen LogP contribution in [0.5, 0.6) is 11.5 Å². The number of carbonyl (C=O) groups excluding carboxylic acids is 1. The molecule has 0 aliphatic heterocycles. The van der Waals surface area contributed by atoms with Crippen LogP contribution in [-0.4, -0.2) is 26.8 Å². The van der Waals surface area contributed by atoms with E-state index in [4.69, 9.17) is 14.2 Å². The van der Waals surface area contributed by atoms with Gasteiger partial charge in [-0.3, -0.25) is 0 Å². The van der Waals surface area contributed by atoms with Gasteiger partial charge in [-0.2, -0.15) is 0 Å². The molecular weight excluding hydrogens is 324 g/mol. The highest BCUT2D eigenvalue weighted by atomic mass is 79.9. The molecule has 0 radical (unpaired) electrons. The van der Waals surface area contributed by atoms with Gasteiger partial charge in [-0.15, -0.1) is 0 Å². The van der Waals surface area contributed by atoms with E-state index in [-0.39, 0.29) is 6.61 Å². The monoisotopic (exact) mass is 338 g/mol. The second-order valence-electron chi connectivity index (χ2n) is 4.02. The highest BCUT2D eigenvalue weighted by Gasteiger charge is 2.25. The fourth-order valence-corrected chi connectivity index (χ4v) is 2.84. The van der Waals surface area contributed by atoms with E-state index in [0.29, 0.717) is 21.5 Å². The van der Waals surface area contributed by atoms with Gasteiger partial charge in [0.1, 0.15) is 11.3 Å². The first-order valence-corrected chi connectivity index (χ1v) is 6.94. The Labute approximate surface area is 125 Å². The van der Waals surface area contributed by atoms with Gasteiger partial charge in [0, 0.05) is 10.8 Å². The van der Waals surface area contributed by atoms with E-state index in [0.717, 1.165) is 10.8 Å². The van der Waals surface area contributed by atoms with Crippen LogP contribution in [0.4, 0.5) is 0 Å². The molecule has 0 spiro atoms. The first kappa shape index (κ1) is 14.7. The summed E-state index contributed by atoms with van der Waals surface area (Å²) in [5.74, 6) is 0.408. The second kappa shape index (κ2) is 6.13. The molecule has 0 aromatic heterocycles. The minimum atomic E-state index is -0.465. The molecule has 0 aliphatic carbocycles. The smallest absolute Gasteiger partial charge is 0.345 e. The van der Waals surface area contributed by atoms with Crippen molar-refractivity contribution >= 4 is 32.7 Å². The number of hydrogen-bond donors (Lipinski definition) is 0. The maximum atomic E-state index is 12.2. The lowest BCUT2D eigenvalue weighted by Gasteiger charge is -2.17. The number of fused-ring (bicyclic) bond motifs is 1. The van der Waals surface area contributed by atoms with Gasteiger partial charge < -0.3 is 14.2 Å². The largest absolute Gasteiger partial charge is 0.495 e. The Morgan fingerprint density at radius 3 is 2.25 bits per heavy atom. The number of esters is 1. The standard InChI is InChI=1S/C15H15BrO4/c1-4-20-15(17)11-13(18-2)10-8-6-5-7-9(10)12(16)14(11)19-3/h5-8H,4H2,1-3H3. The van der Waals surface area contributed by atoms with Crippen LogP contribution in [-0.2, 0) is 4.74 Å². The molecule has 0 saturated heterocycles. The van der Waals surface area contributed by atoms with Crippen LogP contribution in [0.1, 0.15) is 17.3 Å². The lowest BCUT2D eigenvalue weighted by Crippen LogP contribution is -2.10. The van der Waals surface area contributed by atoms with Gasteiger partial charge in [-0.25, -0.2) is 4.79 Å². The minimum Gasteiger partial charge on any atom is -0.495 e. The van der Waals surface area contributed by atoms with Crippen molar-refractivity contribution in [2.24, 2.45) is 0 Å². The predicted molar refractivity (Wildman–Crippen MR) is 80.7 cm³/mol. The van der Waals surface area contributed by atoms with Crippen molar-refractivity contribution in [3.63, 3.8) is 0 Å². The second-order valence-corrected chi connectivity index (χ2v) is 4.81. The van der Waals surface area contributed by atoms with E-state index in [1.807, 2.05) is 24.3 Å². The van der Waals surface area contributed by atoms with Crippen molar-refractivity contribution in [1.82, 2.24) is 0 Å². The molecule has 0 aliphatic rings. The van der Waals surface area contributed by atoms with Crippen LogP contribution in [0.25, 0.3) is 10.8 Å². The van der Waals surface area contributed by atoms with Crippen molar-refractivity contribution in [2.45, 2.75) is 6.92 Å². The summed E-state index contributed by atoms with van der Waals surface area (Å²) in [6, 6.07) is 7.62. The molecule has 2 rings (SSSR count). The summed E-state index contributed by atoms with van der Waals surface area (Å²) in [7, 11) is 3.04. The lowest BCUT2D eigenvalue weighted by atomic mass is 10.0. The van der Waals surface area contributed by atoms with Crippen LogP contribution in [0.3, 0.4) is 0 Å². The molecule has 0 unspecified atom stereocenters. The summed E-state index contributed by atoms with van der Waals surface area (Å²) in [6.07, 6.45) is 0. The summed E-state index contributed by atoms with van der Waals surface area (Å²) in [6.45, 7) is 2.04. The quantitative estimate of drug-likeness (QED) is 0.795. The zero-order valence-corrected chi connectivity index (χ0v) is 13.1. The number of ether oxygens (including phenoxy) is 3. The van der Waals surface area contributed by atoms with E-state index in [9.17, 15) is 4.79 Å². The van der Waals surface area contributed by atoms with Crippen molar-refractivity contribution in [3.05, 3.63) is 34.3 Å². The Hall–Kier alpha value is -1.75. The highest BCUT2D eigenvalue weighted by molar-refractivity contribution is 9.10. The summed E-state index contributed by atoms with van der Waals surface area (Å²) >= 11 is 3.49. The molecule has 0 saturated carbocycles. The molecule has 0 atom stereocenters. The first-order valence-electron chi connectivity index (χ1n) is 6.15. The minimum absolute atomic E-state index is 0.287. The van der Waals surface area contributed by atoms with Gasteiger partial charge in [0.2, 0.25) is 0 Å². The van der Waals surface area contributed by atoms with Crippen LogP contribution in [0, 0.1) is 0 Å². The van der Waals surface area contributed by atoms with Crippen LogP contribution >= 0.6 is 15.9 Å². The molecule has 20 heavy (non-hydrogen) atoms. The average molecular weight is 339 g/mol. The number of rotatable bonds is 4. The van der Waals surface area contributed by atoms with Crippen molar-refractivity contribution in [1.29, 1.82) is 0 Å². The maximum absolute atomic E-state index is 12.2. The van der Waals surface area contributed by atoms with Gasteiger partial charge in [0.15, 0.2) is 5.75 Å². The Balaban J connectivity index is 2.86. The third-order valence-corrected chi connectivity index (χ3v) is 3.74. The molecule has 0 N–H and O–H groups in total. The Morgan fingerprint density at radius 2 is 1.70 bits per heavy atom. The highest BCUT2D eigenvalue weighted by Crippen LogP contribution is 2.43. The van der Waals surface area contributed by atoms with Gasteiger partial charge >= 0.3 is 5.97 Å². The maximum Gasteiger partial charge on any atom is 0.345 e. The molecule has 0 fully saturated rings. The van der Waals surface area contributed by atoms with Gasteiger partial charge in [0.05, 0.1) is 25.3 Å². The summed E-state index contributed by atoms with van der Waals surface area (Å²) in [5, 5.41) is 1.74. The molecule has 0 bridgehead atoms. The Morgan fingerprint density at radius 1 is 1.10 bits per heavy atom. The molecule has 2 aromatic rings. The third kappa shape index (κ3) is 2.33. The van der Waals surface area contributed by atoms with Crippen LogP contribution in [0.2, 0.25) is 0 Å². The third-order valence-electron chi connectivity index (χ3n) is 2.95. The Kier molecular flexibility index (Phi) is 4.49. The first-order chi connectivity index (χ1) is 9.65. The molecule has 2 aromatic carbocycles. The average Bonchev–Trinajstić information content (AvgIpc) is 2.47. The number of hydrogen-bond acceptors (Lipinski definition) is 4. The number of carbonyl (C=O) groups is 1. The van der Waals surface area contributed by atoms with Crippen LogP contribution in [0.15, 0.2) is 28.7 Å². The van der Waals surface area contributed by atoms with Crippen molar-refractivity contribution in [2.75, 3.05) is 20.8 Å². The normalized spacial score (nSPS) is 10.4. The molecule has 5 heteroatoms. The predicted octanol–water partition coefficient (Wildman–Crippen LogP) is 3.80. The van der Waals surface area contributed by atoms with Crippen LogP contribution < -0.4 is 9.47 Å². The van der Waals surface area contributed by atoms with Crippen molar-refractivity contribution < 1.29 is 19.0 Å². The molecule has 106 valence electrons. The number of benzene rings is 2. The molecular formula is C15H15BrO4. The number of halogens is 1. The lowest BCUT2D eigenvalue weighted by molar-refractivity contribution is 0.0519. The topological polar surface area (TPSA) is 44.8 Å². The van der Waals surface area contributed by atoms with Gasteiger partial charge in [0.25, 0.3) is 0 Å². The number of methoxy groups -OCH3 is 2. The molecule has 0 heterocycles. The van der Waals surface area contributed by atoms with Crippen molar-refractivity contribution in [3.8, 4) is 11.5 Å². The summed E-state index contributed by atoms with van der Waals surface area (Å²) in [4.78, 5) is 12.2. The summed E-state index contributed by atoms with van der Waals surface area (Å²) in [5.41, 5.74) is 0.294. The van der Waals surface area contributed by atoms with Gasteiger partial charge in [-0.1, -0.05) is 24.3 Å². The van der Waals surface area contributed by atoms with E-state index in [2.05, 4.69) is 15.9 Å². The van der Waals surface area contributed by atoms with E-state index in [1.165, 1.54) is 14.2 Å². The Bertz CT molecular complexity index is 652. The fourth-order valence-electron chi connectivity index (χ4n) is 2.13. The SMILES string of the molecule is CCOC(=O)c1c(OC)c(Br)c2ccccc2c1OC. The van der Waals surface area contributed by atoms with E-state index >= 15 is 0 Å².